The van der Waals surface area contributed by atoms with Gasteiger partial charge in [0.15, 0.2) is 0 Å². The van der Waals surface area contributed by atoms with Crippen LogP contribution in [0, 0.1) is 12.8 Å². The first-order valence-electron chi connectivity index (χ1n) is 7.17. The zero-order chi connectivity index (χ0) is 13.7. The van der Waals surface area contributed by atoms with Crippen molar-refractivity contribution in [1.29, 1.82) is 0 Å². The third kappa shape index (κ3) is 3.41. The first-order valence-corrected chi connectivity index (χ1v) is 7.17. The number of hydrogen-bond acceptors (Lipinski definition) is 3. The van der Waals surface area contributed by atoms with E-state index in [-0.39, 0.29) is 0 Å². The molecule has 1 saturated heterocycles. The molecule has 2 rings (SSSR count). The van der Waals surface area contributed by atoms with E-state index in [1.165, 1.54) is 31.4 Å². The van der Waals surface area contributed by atoms with Crippen LogP contribution >= 0.6 is 0 Å². The molecule has 0 aliphatic carbocycles. The van der Waals surface area contributed by atoms with Crippen LogP contribution in [0.3, 0.4) is 0 Å². The van der Waals surface area contributed by atoms with Crippen molar-refractivity contribution >= 4 is 0 Å². The van der Waals surface area contributed by atoms with Gasteiger partial charge in [0, 0.05) is 5.56 Å². The minimum absolute atomic E-state index is 0.806. The van der Waals surface area contributed by atoms with Crippen LogP contribution < -0.4 is 14.8 Å². The number of rotatable bonds is 5. The zero-order valence-electron chi connectivity index (χ0n) is 12.3. The van der Waals surface area contributed by atoms with Gasteiger partial charge in [-0.05, 0) is 63.2 Å². The Labute approximate surface area is 116 Å². The molecule has 0 saturated carbocycles. The number of piperidine rings is 1. The second-order valence-corrected chi connectivity index (χ2v) is 5.34. The molecular weight excluding hydrogens is 238 g/mol. The summed E-state index contributed by atoms with van der Waals surface area (Å²) in [4.78, 5) is 0. The molecule has 3 heteroatoms. The van der Waals surface area contributed by atoms with Crippen LogP contribution in [0.4, 0.5) is 0 Å². The van der Waals surface area contributed by atoms with Crippen molar-refractivity contribution in [2.45, 2.75) is 32.6 Å². The summed E-state index contributed by atoms with van der Waals surface area (Å²) in [5.74, 6) is 2.70. The van der Waals surface area contributed by atoms with Gasteiger partial charge in [-0.25, -0.2) is 0 Å². The minimum Gasteiger partial charge on any atom is -0.496 e. The molecule has 0 radical (unpaired) electrons. The topological polar surface area (TPSA) is 30.5 Å². The molecule has 0 bridgehead atoms. The lowest BCUT2D eigenvalue weighted by molar-refractivity contribution is 0.352. The van der Waals surface area contributed by atoms with Gasteiger partial charge in [0.1, 0.15) is 11.5 Å². The van der Waals surface area contributed by atoms with Gasteiger partial charge in [0.05, 0.1) is 14.2 Å². The number of hydrogen-bond donors (Lipinski definition) is 1. The summed E-state index contributed by atoms with van der Waals surface area (Å²) in [5.41, 5.74) is 2.40. The van der Waals surface area contributed by atoms with Crippen molar-refractivity contribution in [3.63, 3.8) is 0 Å². The van der Waals surface area contributed by atoms with Gasteiger partial charge in [0.25, 0.3) is 0 Å². The Kier molecular flexibility index (Phi) is 5.08. The smallest absolute Gasteiger partial charge is 0.128 e. The number of aryl methyl sites for hydroxylation is 1. The Bertz CT molecular complexity index is 411. The average molecular weight is 263 g/mol. The van der Waals surface area contributed by atoms with Crippen LogP contribution in [0.1, 0.15) is 30.4 Å². The highest BCUT2D eigenvalue weighted by Gasteiger charge is 2.15. The van der Waals surface area contributed by atoms with E-state index < -0.39 is 0 Å². The fourth-order valence-electron chi connectivity index (χ4n) is 2.96. The van der Waals surface area contributed by atoms with Crippen molar-refractivity contribution in [3.05, 3.63) is 23.3 Å². The molecule has 1 heterocycles. The molecule has 0 aromatic heterocycles. The molecule has 0 amide bonds. The summed E-state index contributed by atoms with van der Waals surface area (Å²) in [6.07, 6.45) is 4.98. The van der Waals surface area contributed by atoms with Gasteiger partial charge in [-0.15, -0.1) is 0 Å². The Balaban J connectivity index is 2.04. The molecule has 1 unspecified atom stereocenters. The Morgan fingerprint density at radius 3 is 2.74 bits per heavy atom. The summed E-state index contributed by atoms with van der Waals surface area (Å²) in [6.45, 7) is 4.41. The lowest BCUT2D eigenvalue weighted by Gasteiger charge is -2.23. The van der Waals surface area contributed by atoms with E-state index in [1.54, 1.807) is 14.2 Å². The predicted molar refractivity (Wildman–Crippen MR) is 78.2 cm³/mol. The van der Waals surface area contributed by atoms with Crippen molar-refractivity contribution in [3.8, 4) is 11.5 Å². The van der Waals surface area contributed by atoms with E-state index >= 15 is 0 Å². The number of methoxy groups -OCH3 is 2. The lowest BCUT2D eigenvalue weighted by atomic mass is 9.92. The molecular formula is C16H25NO2. The average Bonchev–Trinajstić information content (AvgIpc) is 2.46. The largest absolute Gasteiger partial charge is 0.496 e. The number of benzene rings is 1. The first-order chi connectivity index (χ1) is 9.26. The minimum atomic E-state index is 0.806. The molecule has 3 nitrogen and oxygen atoms in total. The quantitative estimate of drug-likeness (QED) is 0.886. The van der Waals surface area contributed by atoms with Crippen molar-refractivity contribution < 1.29 is 9.47 Å². The molecule has 1 atom stereocenters. The van der Waals surface area contributed by atoms with Gasteiger partial charge < -0.3 is 14.8 Å². The molecule has 1 aromatic rings. The Morgan fingerprint density at radius 1 is 1.26 bits per heavy atom. The third-order valence-corrected chi connectivity index (χ3v) is 4.08. The molecule has 1 fully saturated rings. The third-order valence-electron chi connectivity index (χ3n) is 4.08. The van der Waals surface area contributed by atoms with E-state index in [9.17, 15) is 0 Å². The first kappa shape index (κ1) is 14.2. The summed E-state index contributed by atoms with van der Waals surface area (Å²) in [5, 5.41) is 3.48. The fraction of sp³-hybridized carbons (Fsp3) is 0.625. The summed E-state index contributed by atoms with van der Waals surface area (Å²) >= 11 is 0. The van der Waals surface area contributed by atoms with Crippen molar-refractivity contribution in [2.24, 2.45) is 5.92 Å². The van der Waals surface area contributed by atoms with Gasteiger partial charge >= 0.3 is 0 Å². The predicted octanol–water partition coefficient (Wildman–Crippen LogP) is 2.94. The van der Waals surface area contributed by atoms with Gasteiger partial charge in [-0.1, -0.05) is 6.07 Å². The highest BCUT2D eigenvalue weighted by molar-refractivity contribution is 5.49. The van der Waals surface area contributed by atoms with Gasteiger partial charge in [0.2, 0.25) is 0 Å². The summed E-state index contributed by atoms with van der Waals surface area (Å²) in [6, 6.07) is 4.19. The second kappa shape index (κ2) is 6.80. The van der Waals surface area contributed by atoms with Crippen LogP contribution in [0.5, 0.6) is 11.5 Å². The molecule has 19 heavy (non-hydrogen) atoms. The van der Waals surface area contributed by atoms with Crippen molar-refractivity contribution in [2.75, 3.05) is 27.3 Å². The normalized spacial score (nSPS) is 19.2. The number of nitrogens with one attached hydrogen (secondary N) is 1. The highest BCUT2D eigenvalue weighted by atomic mass is 16.5. The molecule has 1 aliphatic heterocycles. The zero-order valence-corrected chi connectivity index (χ0v) is 12.3. The maximum absolute atomic E-state index is 5.56. The van der Waals surface area contributed by atoms with Crippen molar-refractivity contribution in [1.82, 2.24) is 5.32 Å². The molecule has 1 N–H and O–H groups in total. The van der Waals surface area contributed by atoms with Crippen LogP contribution in [-0.4, -0.2) is 27.3 Å². The monoisotopic (exact) mass is 263 g/mol. The second-order valence-electron chi connectivity index (χ2n) is 5.34. The SMILES string of the molecule is COc1ccc(CCC2CCCNC2)c(OC)c1C. The number of ether oxygens (including phenoxy) is 2. The summed E-state index contributed by atoms with van der Waals surface area (Å²) < 4.78 is 10.9. The van der Waals surface area contributed by atoms with E-state index in [4.69, 9.17) is 9.47 Å². The van der Waals surface area contributed by atoms with Gasteiger partial charge in [-0.3, -0.25) is 0 Å². The molecule has 1 aliphatic rings. The standard InChI is InChI=1S/C16H25NO2/c1-12-15(18-2)9-8-14(16(12)19-3)7-6-13-5-4-10-17-11-13/h8-9,13,17H,4-7,10-11H2,1-3H3. The highest BCUT2D eigenvalue weighted by Crippen LogP contribution is 2.32. The molecule has 106 valence electrons. The van der Waals surface area contributed by atoms with Crippen LogP contribution in [0.15, 0.2) is 12.1 Å². The maximum Gasteiger partial charge on any atom is 0.128 e. The van der Waals surface area contributed by atoms with E-state index in [0.29, 0.717) is 0 Å². The fourth-order valence-corrected chi connectivity index (χ4v) is 2.96. The van der Waals surface area contributed by atoms with Crippen LogP contribution in [-0.2, 0) is 6.42 Å². The van der Waals surface area contributed by atoms with Crippen LogP contribution in [0.2, 0.25) is 0 Å². The maximum atomic E-state index is 5.56. The lowest BCUT2D eigenvalue weighted by Crippen LogP contribution is -2.29. The van der Waals surface area contributed by atoms with Gasteiger partial charge in [-0.2, -0.15) is 0 Å². The van der Waals surface area contributed by atoms with E-state index in [2.05, 4.69) is 18.3 Å². The van der Waals surface area contributed by atoms with Crippen LogP contribution in [0.25, 0.3) is 0 Å². The molecule has 0 spiro atoms. The Morgan fingerprint density at radius 2 is 2.11 bits per heavy atom. The van der Waals surface area contributed by atoms with E-state index in [1.807, 2.05) is 6.07 Å². The Hall–Kier alpha value is -1.22. The van der Waals surface area contributed by atoms with E-state index in [0.717, 1.165) is 35.9 Å². The molecule has 1 aromatic carbocycles. The summed E-state index contributed by atoms with van der Waals surface area (Å²) in [7, 11) is 3.45.